The van der Waals surface area contributed by atoms with Gasteiger partial charge in [0.1, 0.15) is 5.75 Å². The number of rotatable bonds is 11. The average Bonchev–Trinajstić information content (AvgIpc) is 3.72. The second kappa shape index (κ2) is 14.3. The molecular weight excluding hydrogens is 681 g/mol. The highest BCUT2D eigenvalue weighted by molar-refractivity contribution is 7.99. The number of methoxy groups -OCH3 is 1. The number of hydrogen-bond donors (Lipinski definition) is 2. The van der Waals surface area contributed by atoms with Crippen LogP contribution in [0.4, 0.5) is 0 Å². The summed E-state index contributed by atoms with van der Waals surface area (Å²) in [7, 11) is -1.12. The zero-order valence-corrected chi connectivity index (χ0v) is 29.8. The molecule has 0 radical (unpaired) electrons. The number of ether oxygens (including phenoxy) is 1. The van der Waals surface area contributed by atoms with Crippen LogP contribution in [0.15, 0.2) is 119 Å². The van der Waals surface area contributed by atoms with Crippen molar-refractivity contribution in [3.8, 4) is 5.75 Å². The van der Waals surface area contributed by atoms with Crippen molar-refractivity contribution in [2.24, 2.45) is 5.92 Å². The molecule has 0 saturated carbocycles. The maximum absolute atomic E-state index is 15.5. The van der Waals surface area contributed by atoms with E-state index in [1.54, 1.807) is 32.3 Å². The highest BCUT2D eigenvalue weighted by atomic mass is 32.2. The van der Waals surface area contributed by atoms with E-state index in [4.69, 9.17) is 14.4 Å². The average molecular weight is 716 g/mol. The van der Waals surface area contributed by atoms with Crippen molar-refractivity contribution in [1.82, 2.24) is 24.8 Å². The number of amides is 1. The van der Waals surface area contributed by atoms with Crippen LogP contribution < -0.4 is 9.84 Å². The minimum absolute atomic E-state index is 0.178. The molecule has 10 nitrogen and oxygen atoms in total. The first-order valence-corrected chi connectivity index (χ1v) is 18.8. The highest BCUT2D eigenvalue weighted by Crippen LogP contribution is 2.52. The Hall–Kier alpha value is -5.64. The summed E-state index contributed by atoms with van der Waals surface area (Å²) in [5, 5.41) is 10.2. The van der Waals surface area contributed by atoms with E-state index < -0.39 is 19.4 Å². The maximum atomic E-state index is 15.5. The first-order chi connectivity index (χ1) is 24.8. The number of esters is 1. The summed E-state index contributed by atoms with van der Waals surface area (Å²) < 4.78 is 28.5. The molecule has 0 aliphatic rings. The van der Waals surface area contributed by atoms with E-state index in [0.29, 0.717) is 27.9 Å². The van der Waals surface area contributed by atoms with E-state index in [2.05, 4.69) is 15.3 Å². The molecule has 1 unspecified atom stereocenters. The number of nitrogens with one attached hydrogen (secondary N) is 2. The zero-order valence-electron chi connectivity index (χ0n) is 28.1. The normalized spacial score (nSPS) is 13.4. The van der Waals surface area contributed by atoms with Crippen LogP contribution in [-0.2, 0) is 14.1 Å². The summed E-state index contributed by atoms with van der Waals surface area (Å²) in [4.78, 5) is 34.8. The number of pyridine rings is 1. The lowest BCUT2D eigenvalue weighted by Gasteiger charge is -2.23. The van der Waals surface area contributed by atoms with Crippen molar-refractivity contribution < 1.29 is 23.4 Å². The van der Waals surface area contributed by atoms with Gasteiger partial charge in [0.05, 0.1) is 41.7 Å². The van der Waals surface area contributed by atoms with Crippen molar-refractivity contribution in [3.05, 3.63) is 126 Å². The summed E-state index contributed by atoms with van der Waals surface area (Å²) in [5.74, 6) is -1.12. The summed E-state index contributed by atoms with van der Waals surface area (Å²) in [6, 6.07) is 32.1. The van der Waals surface area contributed by atoms with Gasteiger partial charge in [-0.25, -0.2) is 0 Å². The first-order valence-electron chi connectivity index (χ1n) is 16.2. The molecular formula is C39H34N5O5PS. The lowest BCUT2D eigenvalue weighted by Crippen LogP contribution is -2.21. The highest BCUT2D eigenvalue weighted by Gasteiger charge is 2.36. The maximum Gasteiger partial charge on any atom is 0.364 e. The van der Waals surface area contributed by atoms with Gasteiger partial charge in [-0.2, -0.15) is 9.55 Å². The zero-order chi connectivity index (χ0) is 35.5. The van der Waals surface area contributed by atoms with E-state index in [9.17, 15) is 9.59 Å². The molecule has 12 heteroatoms. The molecule has 0 aliphatic heterocycles. The number of aromatic nitrogens is 4. The molecule has 256 valence electrons. The van der Waals surface area contributed by atoms with Crippen molar-refractivity contribution in [1.29, 1.82) is 0 Å². The Labute approximate surface area is 298 Å². The Morgan fingerprint density at radius 3 is 2.51 bits per heavy atom. The van der Waals surface area contributed by atoms with Gasteiger partial charge in [-0.1, -0.05) is 55.1 Å². The predicted octanol–water partition coefficient (Wildman–Crippen LogP) is 8.68. The molecule has 0 aliphatic carbocycles. The Bertz CT molecular complexity index is 2490. The molecule has 0 saturated heterocycles. The molecule has 0 fully saturated rings. The van der Waals surface area contributed by atoms with Gasteiger partial charge in [0.2, 0.25) is 0 Å². The number of benzene rings is 4. The molecule has 2 atom stereocenters. The molecule has 7 rings (SSSR count). The molecule has 3 heterocycles. The van der Waals surface area contributed by atoms with E-state index in [-0.39, 0.29) is 12.1 Å². The smallest absolute Gasteiger partial charge is 0.364 e. The van der Waals surface area contributed by atoms with Crippen LogP contribution >= 0.6 is 19.3 Å². The summed E-state index contributed by atoms with van der Waals surface area (Å²) in [6.45, 7) is 1.66. The second-order valence-corrected chi connectivity index (χ2v) is 15.2. The predicted molar refractivity (Wildman–Crippen MR) is 202 cm³/mol. The van der Waals surface area contributed by atoms with Crippen molar-refractivity contribution in [2.75, 3.05) is 20.3 Å². The number of carbonyl (C=O) groups excluding carboxylic acids is 2. The van der Waals surface area contributed by atoms with Gasteiger partial charge in [-0.15, -0.1) is 0 Å². The molecule has 0 spiro atoms. The van der Waals surface area contributed by atoms with Gasteiger partial charge in [0.25, 0.3) is 5.91 Å². The van der Waals surface area contributed by atoms with Gasteiger partial charge < -0.3 is 19.6 Å². The third-order valence-electron chi connectivity index (χ3n) is 8.47. The van der Waals surface area contributed by atoms with Crippen LogP contribution in [0.1, 0.15) is 28.7 Å². The quantitative estimate of drug-likeness (QED) is 0.101. The van der Waals surface area contributed by atoms with E-state index >= 15 is 4.57 Å². The summed E-state index contributed by atoms with van der Waals surface area (Å²) in [6.07, 6.45) is 5.18. The lowest BCUT2D eigenvalue weighted by molar-refractivity contribution is -0.144. The molecule has 51 heavy (non-hydrogen) atoms. The molecule has 3 aromatic heterocycles. The van der Waals surface area contributed by atoms with E-state index in [1.165, 1.54) is 23.3 Å². The largest absolute Gasteiger partial charge is 0.469 e. The fourth-order valence-corrected chi connectivity index (χ4v) is 9.28. The minimum Gasteiger partial charge on any atom is -0.469 e. The lowest BCUT2D eigenvalue weighted by atomic mass is 10.1. The first kappa shape index (κ1) is 33.8. The van der Waals surface area contributed by atoms with Gasteiger partial charge in [-0.05, 0) is 78.9 Å². The number of H-pyrrole nitrogens is 1. The van der Waals surface area contributed by atoms with Crippen LogP contribution in [-0.4, -0.2) is 51.7 Å². The molecule has 0 bridgehead atoms. The number of fused-ring (bicyclic) bond motifs is 4. The van der Waals surface area contributed by atoms with Crippen LogP contribution in [0.2, 0.25) is 0 Å². The topological polar surface area (TPSA) is 128 Å². The van der Waals surface area contributed by atoms with Crippen LogP contribution in [0.3, 0.4) is 0 Å². The SMILES string of the molecule is CNC(=O)c1ccccc1Sc1ccc2c(/C=C/c3ccccn3)nn(P(=O)(C[C@@H](C)C(=O)OC)Oc3ccc4[nH]c5ccccc5c4c3)c2c1. The van der Waals surface area contributed by atoms with Crippen LogP contribution in [0.25, 0.3) is 44.9 Å². The number of carbonyl (C=O) groups is 2. The van der Waals surface area contributed by atoms with Gasteiger partial charge in [-0.3, -0.25) is 19.1 Å². The van der Waals surface area contributed by atoms with Crippen molar-refractivity contribution in [2.45, 2.75) is 16.7 Å². The monoisotopic (exact) mass is 715 g/mol. The Morgan fingerprint density at radius 1 is 0.922 bits per heavy atom. The van der Waals surface area contributed by atoms with Crippen molar-refractivity contribution >= 4 is 76.0 Å². The Kier molecular flexibility index (Phi) is 9.49. The minimum atomic E-state index is -4.02. The van der Waals surface area contributed by atoms with Gasteiger partial charge in [0, 0.05) is 50.2 Å². The summed E-state index contributed by atoms with van der Waals surface area (Å²) in [5.41, 5.74) is 4.21. The van der Waals surface area contributed by atoms with Gasteiger partial charge in [0.15, 0.2) is 0 Å². The Balaban J connectivity index is 1.38. The molecule has 1 amide bonds. The van der Waals surface area contributed by atoms with E-state index in [1.807, 2.05) is 103 Å². The number of nitrogens with zero attached hydrogens (tertiary/aromatic N) is 3. The number of para-hydroxylation sites is 1. The second-order valence-electron chi connectivity index (χ2n) is 11.9. The molecule has 7 aromatic rings. The number of hydrogen-bond acceptors (Lipinski definition) is 8. The van der Waals surface area contributed by atoms with Gasteiger partial charge >= 0.3 is 13.5 Å². The number of aromatic amines is 1. The fourth-order valence-electron chi connectivity index (χ4n) is 5.99. The van der Waals surface area contributed by atoms with Crippen LogP contribution in [0, 0.1) is 5.92 Å². The Morgan fingerprint density at radius 2 is 1.71 bits per heavy atom. The fraction of sp³-hybridized carbons (Fsp3) is 0.128. The van der Waals surface area contributed by atoms with E-state index in [0.717, 1.165) is 37.3 Å². The third kappa shape index (κ3) is 6.91. The summed E-state index contributed by atoms with van der Waals surface area (Å²) >= 11 is 1.40. The standard InChI is InChI=1S/C39H34N5O5PS/c1-25(39(46)48-3)24-50(47,49-27-16-20-34-32(22-27)29-11-4-6-13-33(29)42-34)44-36-23-28(51-37-14-7-5-12-31(37)38(45)40-2)17-18-30(36)35(43-44)19-15-26-10-8-9-21-41-26/h4-23,25,42H,24H2,1-3H3,(H,40,45)/b19-15+/t25-,50?/m1/s1. The van der Waals surface area contributed by atoms with Crippen LogP contribution in [0.5, 0.6) is 5.75 Å². The van der Waals surface area contributed by atoms with Crippen molar-refractivity contribution in [3.63, 3.8) is 0 Å². The molecule has 2 N–H and O–H groups in total. The third-order valence-corrected chi connectivity index (χ3v) is 11.9. The molecule has 4 aromatic carbocycles.